The van der Waals surface area contributed by atoms with Crippen molar-refractivity contribution in [1.29, 1.82) is 10.5 Å². The number of nitriles is 2. The van der Waals surface area contributed by atoms with Crippen molar-refractivity contribution in [2.45, 2.75) is 30.9 Å². The fourth-order valence-electron chi connectivity index (χ4n) is 9.53. The van der Waals surface area contributed by atoms with Crippen molar-refractivity contribution in [1.82, 2.24) is 9.13 Å². The first-order valence-electron chi connectivity index (χ1n) is 21.6. The predicted octanol–water partition coefficient (Wildman–Crippen LogP) is 17.7. The van der Waals surface area contributed by atoms with E-state index in [1.54, 1.807) is 54.6 Å². The molecule has 0 spiro atoms. The van der Waals surface area contributed by atoms with Crippen LogP contribution in [0.3, 0.4) is 0 Å². The van der Waals surface area contributed by atoms with E-state index >= 15 is 0 Å². The zero-order valence-electron chi connectivity index (χ0n) is 36.9. The summed E-state index contributed by atoms with van der Waals surface area (Å²) in [4.78, 5) is 0. The predicted molar refractivity (Wildman–Crippen MR) is 246 cm³/mol. The van der Waals surface area contributed by atoms with Gasteiger partial charge in [0.2, 0.25) is 0 Å². The third kappa shape index (κ3) is 8.37. The molecular formula is C55H25F15N4. The molecule has 8 aromatic carbocycles. The molecule has 0 N–H and O–H groups in total. The highest BCUT2D eigenvalue weighted by atomic mass is 19.4. The molecule has 2 aromatic heterocycles. The third-order valence-electron chi connectivity index (χ3n) is 12.7. The van der Waals surface area contributed by atoms with Crippen LogP contribution in [0.15, 0.2) is 152 Å². The molecule has 0 aliphatic rings. The van der Waals surface area contributed by atoms with Crippen molar-refractivity contribution < 1.29 is 65.9 Å². The number of alkyl halides is 15. The normalized spacial score (nSPS) is 12.8. The Labute approximate surface area is 406 Å². The lowest BCUT2D eigenvalue weighted by atomic mass is 9.94. The average molecular weight is 1030 g/mol. The summed E-state index contributed by atoms with van der Waals surface area (Å²) in [6.07, 6.45) is -26.0. The lowest BCUT2D eigenvalue weighted by molar-refractivity contribution is -0.144. The maximum atomic E-state index is 14.9. The van der Waals surface area contributed by atoms with Crippen LogP contribution in [-0.2, 0) is 30.9 Å². The standard InChI is InChI=1S/C55H25F15N4/c56-51(57,58)33-11-15-36(42(24-33)54(65,66)67)30-9-13-40-38-5-1-3-7-44(38)73(46(40)22-30)48-19-29(27-72)20-49(50(48)32-17-28(26-71)18-35(21-32)53(62,63)64)74-45-8-4-2-6-39(45)41-14-10-31(23-47(41)74)37-16-12-34(52(59,60)61)25-43(37)55(68,69)70/h1-25H. The van der Waals surface area contributed by atoms with Gasteiger partial charge in [0.05, 0.1) is 84.5 Å². The SMILES string of the molecule is N#Cc1cc(-c2c(-n3c4ccccc4c4ccc(-c5ccc(C(F)(F)F)cc5C(F)(F)F)cc43)cc(C#N)cc2-n2c3ccccc3c3ccc(-c4ccc(C(F)(F)F)cc4C(F)(F)F)cc32)cc(C(F)(F)F)c1. The molecule has 0 saturated heterocycles. The molecule has 0 bridgehead atoms. The smallest absolute Gasteiger partial charge is 0.308 e. The maximum Gasteiger partial charge on any atom is 0.417 e. The lowest BCUT2D eigenvalue weighted by Crippen LogP contribution is -2.12. The Morgan fingerprint density at radius 3 is 1.11 bits per heavy atom. The summed E-state index contributed by atoms with van der Waals surface area (Å²) in [5.74, 6) is 0. The van der Waals surface area contributed by atoms with Crippen LogP contribution >= 0.6 is 0 Å². The number of benzene rings is 8. The molecule has 10 aromatic rings. The van der Waals surface area contributed by atoms with E-state index < -0.39 is 75.4 Å². The Kier molecular flexibility index (Phi) is 11.2. The van der Waals surface area contributed by atoms with Gasteiger partial charge in [-0.15, -0.1) is 0 Å². The molecule has 74 heavy (non-hydrogen) atoms. The van der Waals surface area contributed by atoms with Crippen LogP contribution in [0.4, 0.5) is 65.9 Å². The van der Waals surface area contributed by atoms with Gasteiger partial charge in [-0.05, 0) is 107 Å². The first-order valence-corrected chi connectivity index (χ1v) is 21.6. The highest BCUT2D eigenvalue weighted by molar-refractivity contribution is 6.13. The second kappa shape index (κ2) is 16.9. The van der Waals surface area contributed by atoms with Crippen LogP contribution in [0.5, 0.6) is 0 Å². The molecule has 19 heteroatoms. The fraction of sp³-hybridized carbons (Fsp3) is 0.0909. The number of rotatable bonds is 5. The second-order valence-corrected chi connectivity index (χ2v) is 17.1. The van der Waals surface area contributed by atoms with Crippen molar-refractivity contribution in [3.05, 3.63) is 191 Å². The van der Waals surface area contributed by atoms with E-state index in [2.05, 4.69) is 0 Å². The van der Waals surface area contributed by atoms with E-state index in [0.29, 0.717) is 57.9 Å². The Morgan fingerprint density at radius 1 is 0.324 bits per heavy atom. The van der Waals surface area contributed by atoms with Gasteiger partial charge in [-0.2, -0.15) is 76.4 Å². The summed E-state index contributed by atoms with van der Waals surface area (Å²) in [6.45, 7) is 0. The fourth-order valence-corrected chi connectivity index (χ4v) is 9.53. The Morgan fingerprint density at radius 2 is 0.716 bits per heavy atom. The molecule has 0 unspecified atom stereocenters. The molecular weight excluding hydrogens is 1000 g/mol. The van der Waals surface area contributed by atoms with Crippen LogP contribution in [0.2, 0.25) is 0 Å². The van der Waals surface area contributed by atoms with E-state index in [-0.39, 0.29) is 73.4 Å². The van der Waals surface area contributed by atoms with Gasteiger partial charge in [-0.1, -0.05) is 72.8 Å². The maximum absolute atomic E-state index is 14.9. The van der Waals surface area contributed by atoms with Gasteiger partial charge >= 0.3 is 30.9 Å². The highest BCUT2D eigenvalue weighted by Crippen LogP contribution is 2.48. The molecule has 10 rings (SSSR count). The third-order valence-corrected chi connectivity index (χ3v) is 12.7. The highest BCUT2D eigenvalue weighted by Gasteiger charge is 2.40. The summed E-state index contributed by atoms with van der Waals surface area (Å²) in [6, 6.07) is 31.3. The van der Waals surface area contributed by atoms with Gasteiger partial charge in [0.25, 0.3) is 0 Å². The van der Waals surface area contributed by atoms with Gasteiger partial charge in [0, 0.05) is 27.1 Å². The molecule has 0 radical (unpaired) electrons. The van der Waals surface area contributed by atoms with E-state index in [1.807, 2.05) is 6.07 Å². The lowest BCUT2D eigenvalue weighted by Gasteiger charge is -2.22. The topological polar surface area (TPSA) is 57.4 Å². The van der Waals surface area contributed by atoms with Crippen molar-refractivity contribution in [3.63, 3.8) is 0 Å². The van der Waals surface area contributed by atoms with E-state index in [9.17, 15) is 76.4 Å². The molecule has 2 heterocycles. The van der Waals surface area contributed by atoms with Crippen molar-refractivity contribution in [2.24, 2.45) is 0 Å². The molecule has 0 amide bonds. The first-order chi connectivity index (χ1) is 34.8. The summed E-state index contributed by atoms with van der Waals surface area (Å²) < 4.78 is 218. The van der Waals surface area contributed by atoms with Crippen molar-refractivity contribution in [2.75, 3.05) is 0 Å². The summed E-state index contributed by atoms with van der Waals surface area (Å²) >= 11 is 0. The van der Waals surface area contributed by atoms with Gasteiger partial charge < -0.3 is 9.13 Å². The van der Waals surface area contributed by atoms with Crippen molar-refractivity contribution >= 4 is 43.6 Å². The molecule has 370 valence electrons. The largest absolute Gasteiger partial charge is 0.417 e. The van der Waals surface area contributed by atoms with E-state index in [4.69, 9.17) is 0 Å². The van der Waals surface area contributed by atoms with Gasteiger partial charge in [0.1, 0.15) is 0 Å². The van der Waals surface area contributed by atoms with E-state index in [0.717, 1.165) is 6.07 Å². The minimum atomic E-state index is -5.31. The Bertz CT molecular complexity index is 3820. The summed E-state index contributed by atoms with van der Waals surface area (Å²) in [5, 5.41) is 22.4. The van der Waals surface area contributed by atoms with Gasteiger partial charge in [-0.3, -0.25) is 0 Å². The van der Waals surface area contributed by atoms with Gasteiger partial charge in [0.15, 0.2) is 0 Å². The number of hydrogen-bond donors (Lipinski definition) is 0. The monoisotopic (exact) mass is 1030 g/mol. The Hall–Kier alpha value is -8.71. The zero-order chi connectivity index (χ0) is 53.0. The minimum Gasteiger partial charge on any atom is -0.308 e. The molecule has 0 fully saturated rings. The molecule has 0 atom stereocenters. The Balaban J connectivity index is 1.36. The average Bonchev–Trinajstić information content (AvgIpc) is 3.86. The van der Waals surface area contributed by atoms with Crippen LogP contribution in [0.25, 0.3) is 88.4 Å². The summed E-state index contributed by atoms with van der Waals surface area (Å²) in [7, 11) is 0. The number of nitrogens with zero attached hydrogens (tertiary/aromatic N) is 4. The zero-order valence-corrected chi connectivity index (χ0v) is 36.9. The van der Waals surface area contributed by atoms with Crippen LogP contribution in [0, 0.1) is 22.7 Å². The number of hydrogen-bond acceptors (Lipinski definition) is 2. The van der Waals surface area contributed by atoms with Gasteiger partial charge in [-0.25, -0.2) is 0 Å². The number of aromatic nitrogens is 2. The first kappa shape index (κ1) is 48.9. The van der Waals surface area contributed by atoms with Crippen LogP contribution in [0.1, 0.15) is 38.9 Å². The summed E-state index contributed by atoms with van der Waals surface area (Å²) in [5.41, 5.74) is -10.4. The molecule has 4 nitrogen and oxygen atoms in total. The minimum absolute atomic E-state index is 0.0328. The van der Waals surface area contributed by atoms with E-state index in [1.165, 1.54) is 57.7 Å². The number of para-hydroxylation sites is 2. The quantitative estimate of drug-likeness (QED) is 0.161. The second-order valence-electron chi connectivity index (χ2n) is 17.1. The molecule has 0 saturated carbocycles. The van der Waals surface area contributed by atoms with Crippen LogP contribution in [-0.4, -0.2) is 9.13 Å². The molecule has 0 aliphatic heterocycles. The van der Waals surface area contributed by atoms with Crippen LogP contribution < -0.4 is 0 Å². The number of halogens is 15. The number of fused-ring (bicyclic) bond motifs is 6. The molecule has 0 aliphatic carbocycles. The van der Waals surface area contributed by atoms with Crippen molar-refractivity contribution in [3.8, 4) is 56.9 Å².